The van der Waals surface area contributed by atoms with Gasteiger partial charge in [-0.05, 0) is 5.84 Å². The van der Waals surface area contributed by atoms with Crippen LogP contribution in [0.25, 0.3) is 0 Å². The van der Waals surface area contributed by atoms with E-state index in [9.17, 15) is 4.79 Å². The zero-order valence-electron chi connectivity index (χ0n) is 2.86. The van der Waals surface area contributed by atoms with Crippen LogP contribution in [0.3, 0.4) is 0 Å². The lowest BCUT2D eigenvalue weighted by Gasteiger charge is -1.75. The highest BCUT2D eigenvalue weighted by Gasteiger charge is 1.75. The Balaban J connectivity index is 2.85. The maximum Gasteiger partial charge on any atom is 0.233 e. The molecule has 1 amide bonds. The van der Waals surface area contributed by atoms with E-state index in [1.54, 1.807) is 0 Å². The molecule has 28 valence electrons. The van der Waals surface area contributed by atoms with Crippen LogP contribution < -0.4 is 11.3 Å². The van der Waals surface area contributed by atoms with Crippen molar-refractivity contribution in [3.8, 4) is 0 Å². The smallest absolute Gasteiger partial charge is 0.233 e. The molecule has 0 fully saturated rings. The summed E-state index contributed by atoms with van der Waals surface area (Å²) in [5.74, 6) is 7.10. The molecule has 0 heterocycles. The summed E-state index contributed by atoms with van der Waals surface area (Å²) in [6, 6.07) is 0. The molecule has 0 aliphatic heterocycles. The number of amides is 1. The maximum atomic E-state index is 9.45. The third-order valence-electron chi connectivity index (χ3n) is 0.157. The number of hydrogen-bond donors (Lipinski definition) is 1. The van der Waals surface area contributed by atoms with Gasteiger partial charge >= 0.3 is 0 Å². The summed E-state index contributed by atoms with van der Waals surface area (Å²) in [4.78, 5) is 9.45. The van der Waals surface area contributed by atoms with E-state index in [4.69, 9.17) is 5.84 Å². The first-order valence-electron chi connectivity index (χ1n) is 1.18. The van der Waals surface area contributed by atoms with Crippen molar-refractivity contribution in [2.24, 2.45) is 0 Å². The molecule has 0 aliphatic rings. The molecule has 1 N–H and O–H groups in total. The van der Waals surface area contributed by atoms with Gasteiger partial charge < -0.3 is 0 Å². The minimum atomic E-state index is -0.440. The largest absolute Gasteiger partial charge is 0.274 e. The van der Waals surface area contributed by atoms with E-state index in [1.807, 2.05) is 0 Å². The minimum Gasteiger partial charge on any atom is -0.274 e. The van der Waals surface area contributed by atoms with E-state index in [0.717, 1.165) is 0 Å². The lowest BCUT2D eigenvalue weighted by Crippen LogP contribution is -2.15. The van der Waals surface area contributed by atoms with Gasteiger partial charge in [-0.2, -0.15) is 0 Å². The van der Waals surface area contributed by atoms with Crippen molar-refractivity contribution in [3.05, 3.63) is 0 Å². The third kappa shape index (κ3) is 3.43. The fourth-order valence-corrected chi connectivity index (χ4v) is 0. The molecule has 0 saturated heterocycles. The third-order valence-corrected chi connectivity index (χ3v) is 0.157. The van der Waals surface area contributed by atoms with Crippen LogP contribution in [0.5, 0.6) is 0 Å². The summed E-state index contributed by atoms with van der Waals surface area (Å²) < 4.78 is 0. The molecule has 0 atom stereocenters. The molecule has 0 aromatic carbocycles. The predicted octanol–water partition coefficient (Wildman–Crippen LogP) is -0.894. The summed E-state index contributed by atoms with van der Waals surface area (Å²) in [5.41, 5.74) is 1.39. The molecule has 0 aliphatic carbocycles. The van der Waals surface area contributed by atoms with Crippen LogP contribution in [0, 0.1) is 0 Å². The van der Waals surface area contributed by atoms with Gasteiger partial charge in [0.25, 0.3) is 0 Å². The van der Waals surface area contributed by atoms with Crippen LogP contribution in [0.1, 0.15) is 6.92 Å². The van der Waals surface area contributed by atoms with E-state index in [-0.39, 0.29) is 0 Å². The second-order valence-corrected chi connectivity index (χ2v) is 0.668. The van der Waals surface area contributed by atoms with Gasteiger partial charge in [0, 0.05) is 6.92 Å². The predicted molar refractivity (Wildman–Crippen MR) is 16.0 cm³/mol. The van der Waals surface area contributed by atoms with Gasteiger partial charge in [-0.3, -0.25) is 10.2 Å². The SMILES string of the molecule is CC(=O)N[N]. The van der Waals surface area contributed by atoms with Crippen molar-refractivity contribution in [1.82, 2.24) is 11.3 Å². The lowest BCUT2D eigenvalue weighted by molar-refractivity contribution is -0.119. The molecule has 3 heteroatoms. The number of nitrogens with zero attached hydrogens (tertiary/aromatic N) is 1. The molecular formula is C2H4N2O. The number of carbonyl (C=O) groups is 1. The van der Waals surface area contributed by atoms with Gasteiger partial charge in [0.1, 0.15) is 0 Å². The molecule has 0 unspecified atom stereocenters. The molecule has 3 nitrogen and oxygen atoms in total. The fraction of sp³-hybridized carbons (Fsp3) is 0.500. The van der Waals surface area contributed by atoms with Crippen LogP contribution in [0.2, 0.25) is 0 Å². The summed E-state index contributed by atoms with van der Waals surface area (Å²) in [5, 5.41) is 0. The average Bonchev–Trinajstić information content (AvgIpc) is 1.38. The normalized spacial score (nSPS) is 6.80. The van der Waals surface area contributed by atoms with Crippen molar-refractivity contribution in [2.45, 2.75) is 6.92 Å². The summed E-state index contributed by atoms with van der Waals surface area (Å²) >= 11 is 0. The highest BCUT2D eigenvalue weighted by Crippen LogP contribution is 1.43. The Kier molecular flexibility index (Phi) is 1.53. The molecule has 0 spiro atoms. The summed E-state index contributed by atoms with van der Waals surface area (Å²) in [6.45, 7) is 1.22. The number of nitrogens with one attached hydrogen (secondary N) is 1. The second-order valence-electron chi connectivity index (χ2n) is 0.668. The van der Waals surface area contributed by atoms with Gasteiger partial charge in [0.15, 0.2) is 0 Å². The van der Waals surface area contributed by atoms with Gasteiger partial charge in [-0.25, -0.2) is 0 Å². The molecule has 0 aromatic rings. The Bertz CT molecular complexity index is 42.9. The van der Waals surface area contributed by atoms with Crippen LogP contribution >= 0.6 is 0 Å². The van der Waals surface area contributed by atoms with Gasteiger partial charge in [0.2, 0.25) is 5.91 Å². The molecule has 0 saturated carbocycles. The Morgan fingerprint density at radius 3 is 2.20 bits per heavy atom. The van der Waals surface area contributed by atoms with Crippen LogP contribution in [0.15, 0.2) is 0 Å². The van der Waals surface area contributed by atoms with Crippen LogP contribution in [-0.2, 0) is 4.79 Å². The zero-order valence-corrected chi connectivity index (χ0v) is 2.86. The molecule has 0 aromatic heterocycles. The monoisotopic (exact) mass is 72.0 g/mol. The Hall–Kier alpha value is -0.570. The van der Waals surface area contributed by atoms with Gasteiger partial charge in [-0.1, -0.05) is 0 Å². The van der Waals surface area contributed by atoms with Crippen LogP contribution in [0.4, 0.5) is 0 Å². The van der Waals surface area contributed by atoms with E-state index < -0.39 is 5.91 Å². The zero-order chi connectivity index (χ0) is 4.28. The van der Waals surface area contributed by atoms with Gasteiger partial charge in [0.05, 0.1) is 0 Å². The van der Waals surface area contributed by atoms with Crippen molar-refractivity contribution < 1.29 is 4.79 Å². The van der Waals surface area contributed by atoms with E-state index in [2.05, 4.69) is 0 Å². The topological polar surface area (TPSA) is 51.4 Å². The molecule has 5 heavy (non-hydrogen) atoms. The first-order valence-corrected chi connectivity index (χ1v) is 1.18. The first-order chi connectivity index (χ1) is 2.27. The number of rotatable bonds is 0. The Morgan fingerprint density at radius 1 is 2.00 bits per heavy atom. The van der Waals surface area contributed by atoms with Crippen molar-refractivity contribution >= 4 is 5.91 Å². The quantitative estimate of drug-likeness (QED) is 0.371. The Labute approximate surface area is 30.1 Å². The highest BCUT2D eigenvalue weighted by atomic mass is 16.2. The number of carbonyl (C=O) groups excluding carboxylic acids is 1. The highest BCUT2D eigenvalue weighted by molar-refractivity contribution is 5.71. The lowest BCUT2D eigenvalue weighted by atomic mass is 10.8. The van der Waals surface area contributed by atoms with E-state index in [0.29, 0.717) is 0 Å². The maximum absolute atomic E-state index is 9.45. The Morgan fingerprint density at radius 2 is 2.20 bits per heavy atom. The van der Waals surface area contributed by atoms with Crippen molar-refractivity contribution in [3.63, 3.8) is 0 Å². The molecular weight excluding hydrogens is 68.0 g/mol. The minimum absolute atomic E-state index is 0.440. The second kappa shape index (κ2) is 1.72. The fourth-order valence-electron chi connectivity index (χ4n) is 0. The van der Waals surface area contributed by atoms with Gasteiger partial charge in [-0.15, -0.1) is 0 Å². The first kappa shape index (κ1) is 4.43. The molecule has 0 rings (SSSR count). The summed E-state index contributed by atoms with van der Waals surface area (Å²) in [7, 11) is 0. The average molecular weight is 72.1 g/mol. The number of hydrogen-bond acceptors (Lipinski definition) is 1. The molecule has 0 bridgehead atoms. The summed E-state index contributed by atoms with van der Waals surface area (Å²) in [6.07, 6.45) is 0. The standard InChI is InChI=1S/C2H4N2O/c1-2(5)4-3/h1H3,(H,4,5). The van der Waals surface area contributed by atoms with Crippen LogP contribution in [-0.4, -0.2) is 5.91 Å². The molecule has 2 radical (unpaired) electrons. The van der Waals surface area contributed by atoms with E-state index >= 15 is 0 Å². The van der Waals surface area contributed by atoms with Crippen molar-refractivity contribution in [1.29, 1.82) is 0 Å². The van der Waals surface area contributed by atoms with E-state index in [1.165, 1.54) is 12.3 Å². The van der Waals surface area contributed by atoms with Crippen molar-refractivity contribution in [2.75, 3.05) is 0 Å².